The summed E-state index contributed by atoms with van der Waals surface area (Å²) >= 11 is 1.34. The van der Waals surface area contributed by atoms with Crippen molar-refractivity contribution in [2.45, 2.75) is 6.61 Å². The zero-order valence-corrected chi connectivity index (χ0v) is 13.4. The maximum atomic E-state index is 11.8. The molecule has 24 heavy (non-hydrogen) atoms. The third-order valence-corrected chi connectivity index (χ3v) is 4.31. The zero-order chi connectivity index (χ0) is 16.4. The van der Waals surface area contributed by atoms with Crippen molar-refractivity contribution in [1.29, 1.82) is 0 Å². The number of carbonyl (C=O) groups is 1. The molecular formula is C17H13NO5S. The van der Waals surface area contributed by atoms with E-state index in [1.807, 2.05) is 23.6 Å². The van der Waals surface area contributed by atoms with E-state index >= 15 is 0 Å². The summed E-state index contributed by atoms with van der Waals surface area (Å²) in [6.45, 7) is 1.13. The molecule has 0 bridgehead atoms. The monoisotopic (exact) mass is 343 g/mol. The van der Waals surface area contributed by atoms with E-state index in [1.165, 1.54) is 11.3 Å². The Morgan fingerprint density at radius 1 is 1.17 bits per heavy atom. The lowest BCUT2D eigenvalue weighted by Gasteiger charge is -2.18. The molecule has 0 unspecified atom stereocenters. The highest BCUT2D eigenvalue weighted by molar-refractivity contribution is 7.11. The summed E-state index contributed by atoms with van der Waals surface area (Å²) in [5.74, 6) is 1.61. The highest BCUT2D eigenvalue weighted by Crippen LogP contribution is 2.34. The predicted octanol–water partition coefficient (Wildman–Crippen LogP) is 3.53. The first-order chi connectivity index (χ1) is 11.8. The summed E-state index contributed by atoms with van der Waals surface area (Å²) in [7, 11) is 0. The van der Waals surface area contributed by atoms with Crippen molar-refractivity contribution in [3.63, 3.8) is 0 Å². The molecule has 0 saturated carbocycles. The van der Waals surface area contributed by atoms with Gasteiger partial charge >= 0.3 is 5.97 Å². The molecule has 0 spiro atoms. The molecule has 1 aromatic carbocycles. The van der Waals surface area contributed by atoms with Crippen molar-refractivity contribution in [3.8, 4) is 22.8 Å². The fourth-order valence-corrected chi connectivity index (χ4v) is 2.93. The van der Waals surface area contributed by atoms with Crippen LogP contribution < -0.4 is 9.47 Å². The maximum Gasteiger partial charge on any atom is 0.348 e. The predicted molar refractivity (Wildman–Crippen MR) is 86.4 cm³/mol. The molecule has 0 saturated heterocycles. The van der Waals surface area contributed by atoms with Gasteiger partial charge in [0.05, 0.1) is 0 Å². The Balaban J connectivity index is 1.46. The van der Waals surface area contributed by atoms with Crippen LogP contribution in [0.2, 0.25) is 0 Å². The van der Waals surface area contributed by atoms with Gasteiger partial charge in [-0.05, 0) is 29.6 Å². The Hall–Kier alpha value is -2.80. The van der Waals surface area contributed by atoms with E-state index in [4.69, 9.17) is 18.7 Å². The number of ether oxygens (including phenoxy) is 3. The Morgan fingerprint density at radius 2 is 2.04 bits per heavy atom. The summed E-state index contributed by atoms with van der Waals surface area (Å²) in [6, 6.07) is 10.8. The summed E-state index contributed by atoms with van der Waals surface area (Å²) in [5.41, 5.74) is 1.37. The Bertz CT molecular complexity index is 856. The average Bonchev–Trinajstić information content (AvgIpc) is 3.31. The summed E-state index contributed by atoms with van der Waals surface area (Å²) in [5, 5.41) is 5.76. The van der Waals surface area contributed by atoms with Crippen LogP contribution in [-0.4, -0.2) is 24.3 Å². The topological polar surface area (TPSA) is 70.8 Å². The van der Waals surface area contributed by atoms with Gasteiger partial charge < -0.3 is 18.7 Å². The van der Waals surface area contributed by atoms with Gasteiger partial charge in [0.15, 0.2) is 17.3 Å². The molecule has 0 fully saturated rings. The van der Waals surface area contributed by atoms with E-state index in [2.05, 4.69) is 5.16 Å². The number of hydrogen-bond acceptors (Lipinski definition) is 7. The van der Waals surface area contributed by atoms with Crippen molar-refractivity contribution in [2.24, 2.45) is 0 Å². The molecule has 4 rings (SSSR count). The molecule has 0 N–H and O–H groups in total. The fourth-order valence-electron chi connectivity index (χ4n) is 2.32. The number of carbonyl (C=O) groups excluding carboxylic acids is 1. The fraction of sp³-hybridized carbons (Fsp3) is 0.176. The summed E-state index contributed by atoms with van der Waals surface area (Å²) in [4.78, 5) is 12.4. The van der Waals surface area contributed by atoms with Gasteiger partial charge in [0.25, 0.3) is 0 Å². The number of esters is 1. The normalized spacial score (nSPS) is 12.8. The summed E-state index contributed by atoms with van der Waals surface area (Å²) in [6.07, 6.45) is 0. The first kappa shape index (κ1) is 14.8. The minimum absolute atomic E-state index is 0.0603. The molecule has 0 amide bonds. The van der Waals surface area contributed by atoms with E-state index < -0.39 is 0 Å². The molecular weight excluding hydrogens is 330 g/mol. The van der Waals surface area contributed by atoms with Gasteiger partial charge in [0.2, 0.25) is 0 Å². The molecule has 7 heteroatoms. The van der Waals surface area contributed by atoms with Crippen LogP contribution in [0.15, 0.2) is 46.3 Å². The Morgan fingerprint density at radius 3 is 2.88 bits per heavy atom. The van der Waals surface area contributed by atoms with E-state index in [-0.39, 0.29) is 12.6 Å². The van der Waals surface area contributed by atoms with Crippen LogP contribution in [0.5, 0.6) is 11.5 Å². The molecule has 6 nitrogen and oxygen atoms in total. The minimum Gasteiger partial charge on any atom is -0.486 e. The molecule has 2 aromatic heterocycles. The van der Waals surface area contributed by atoms with Crippen molar-refractivity contribution >= 4 is 17.3 Å². The van der Waals surface area contributed by atoms with Crippen molar-refractivity contribution in [3.05, 3.63) is 52.3 Å². The van der Waals surface area contributed by atoms with Gasteiger partial charge in [-0.3, -0.25) is 0 Å². The van der Waals surface area contributed by atoms with E-state index in [0.29, 0.717) is 35.3 Å². The number of rotatable bonds is 4. The van der Waals surface area contributed by atoms with Gasteiger partial charge in [-0.25, -0.2) is 4.79 Å². The number of benzene rings is 1. The van der Waals surface area contributed by atoms with Crippen molar-refractivity contribution in [1.82, 2.24) is 5.16 Å². The first-order valence-corrected chi connectivity index (χ1v) is 8.24. The van der Waals surface area contributed by atoms with Gasteiger partial charge in [0.1, 0.15) is 30.4 Å². The number of fused-ring (bicyclic) bond motifs is 1. The molecule has 3 aromatic rings. The number of thiophene rings is 1. The highest BCUT2D eigenvalue weighted by Gasteiger charge is 2.15. The van der Waals surface area contributed by atoms with Crippen molar-refractivity contribution in [2.75, 3.05) is 13.2 Å². The van der Waals surface area contributed by atoms with Crippen LogP contribution >= 0.6 is 11.3 Å². The second-order valence-corrected chi connectivity index (χ2v) is 6.04. The SMILES string of the molecule is O=C(OCc1cc(-c2ccc3c(c2)OCCO3)on1)c1cccs1. The third-order valence-electron chi connectivity index (χ3n) is 3.46. The van der Waals surface area contributed by atoms with Gasteiger partial charge in [-0.1, -0.05) is 11.2 Å². The highest BCUT2D eigenvalue weighted by atomic mass is 32.1. The largest absolute Gasteiger partial charge is 0.486 e. The van der Waals surface area contributed by atoms with Gasteiger partial charge in [-0.2, -0.15) is 0 Å². The second kappa shape index (κ2) is 6.37. The van der Waals surface area contributed by atoms with E-state index in [1.54, 1.807) is 18.2 Å². The smallest absolute Gasteiger partial charge is 0.348 e. The average molecular weight is 343 g/mol. The lowest BCUT2D eigenvalue weighted by Crippen LogP contribution is -2.15. The quantitative estimate of drug-likeness (QED) is 0.675. The standard InChI is InChI=1S/C17H13NO5S/c19-17(16-2-1-7-24-16)22-10-12-9-14(23-18-12)11-3-4-13-15(8-11)21-6-5-20-13/h1-4,7-9H,5-6,10H2. The summed E-state index contributed by atoms with van der Waals surface area (Å²) < 4.78 is 21.6. The van der Waals surface area contributed by atoms with Crippen LogP contribution in [-0.2, 0) is 11.3 Å². The lowest BCUT2D eigenvalue weighted by molar-refractivity contribution is 0.0470. The van der Waals surface area contributed by atoms with Crippen LogP contribution in [0.25, 0.3) is 11.3 Å². The molecule has 1 aliphatic heterocycles. The van der Waals surface area contributed by atoms with Crippen LogP contribution in [0, 0.1) is 0 Å². The second-order valence-electron chi connectivity index (χ2n) is 5.09. The molecule has 0 atom stereocenters. The molecule has 122 valence electrons. The zero-order valence-electron chi connectivity index (χ0n) is 12.6. The Kier molecular flexibility index (Phi) is 3.92. The molecule has 1 aliphatic rings. The number of hydrogen-bond donors (Lipinski definition) is 0. The van der Waals surface area contributed by atoms with Crippen molar-refractivity contribution < 1.29 is 23.5 Å². The minimum atomic E-state index is -0.367. The number of nitrogens with zero attached hydrogens (tertiary/aromatic N) is 1. The first-order valence-electron chi connectivity index (χ1n) is 7.36. The van der Waals surface area contributed by atoms with E-state index in [0.717, 1.165) is 11.3 Å². The van der Waals surface area contributed by atoms with E-state index in [9.17, 15) is 4.79 Å². The van der Waals surface area contributed by atoms with Crippen LogP contribution in [0.3, 0.4) is 0 Å². The van der Waals surface area contributed by atoms with Crippen LogP contribution in [0.1, 0.15) is 15.4 Å². The molecule has 0 radical (unpaired) electrons. The number of aromatic nitrogens is 1. The van der Waals surface area contributed by atoms with Gasteiger partial charge in [0, 0.05) is 11.6 Å². The molecule has 0 aliphatic carbocycles. The lowest BCUT2D eigenvalue weighted by atomic mass is 10.1. The molecule has 3 heterocycles. The van der Waals surface area contributed by atoms with Gasteiger partial charge in [-0.15, -0.1) is 11.3 Å². The Labute approximate surface area is 141 Å². The third kappa shape index (κ3) is 2.98. The van der Waals surface area contributed by atoms with Crippen LogP contribution in [0.4, 0.5) is 0 Å². The maximum absolute atomic E-state index is 11.8.